The molecule has 1 aromatic heterocycles. The standard InChI is InChI=1S/C27H31ClN6O4/c1-5-20(36)13-18-14-21(37-3)8-10-23(18)31-26-22(28)16-30-27(33-26)32-24-9-7-19(15-25(24)38-4)34(17(2)35)12-6-11-29/h5,7-10,14-16H,1,6,11-13,29H2,2-4H3,(H2,30,31,32,33). The first-order valence-electron chi connectivity index (χ1n) is 11.8. The molecule has 11 heteroatoms. The van der Waals surface area contributed by atoms with Crippen molar-refractivity contribution in [2.75, 3.05) is 42.8 Å². The van der Waals surface area contributed by atoms with Crippen molar-refractivity contribution in [1.29, 1.82) is 0 Å². The number of hydrogen-bond donors (Lipinski definition) is 3. The number of halogens is 1. The van der Waals surface area contributed by atoms with Gasteiger partial charge in [-0.15, -0.1) is 0 Å². The molecule has 1 heterocycles. The molecule has 10 nitrogen and oxygen atoms in total. The predicted molar refractivity (Wildman–Crippen MR) is 150 cm³/mol. The number of allylic oxidation sites excluding steroid dienone is 1. The van der Waals surface area contributed by atoms with Gasteiger partial charge in [0.15, 0.2) is 11.6 Å². The molecule has 0 bridgehead atoms. The smallest absolute Gasteiger partial charge is 0.229 e. The summed E-state index contributed by atoms with van der Waals surface area (Å²) in [4.78, 5) is 34.6. The zero-order valence-electron chi connectivity index (χ0n) is 21.6. The summed E-state index contributed by atoms with van der Waals surface area (Å²) in [6.07, 6.45) is 3.54. The van der Waals surface area contributed by atoms with Crippen molar-refractivity contribution in [3.63, 3.8) is 0 Å². The number of ketones is 1. The Morgan fingerprint density at radius 2 is 1.89 bits per heavy atom. The number of ether oxygens (including phenoxy) is 2. The van der Waals surface area contributed by atoms with E-state index in [2.05, 4.69) is 27.2 Å². The molecule has 0 unspecified atom stereocenters. The molecule has 0 aliphatic carbocycles. The van der Waals surface area contributed by atoms with Crippen LogP contribution in [0.4, 0.5) is 28.8 Å². The number of methoxy groups -OCH3 is 2. The first kappa shape index (κ1) is 28.4. The summed E-state index contributed by atoms with van der Waals surface area (Å²) in [5.74, 6) is 1.47. The number of anilines is 5. The van der Waals surface area contributed by atoms with Crippen LogP contribution in [0, 0.1) is 0 Å². The first-order valence-corrected chi connectivity index (χ1v) is 12.2. The number of hydrogen-bond acceptors (Lipinski definition) is 9. The van der Waals surface area contributed by atoms with E-state index in [-0.39, 0.29) is 29.1 Å². The summed E-state index contributed by atoms with van der Waals surface area (Å²) >= 11 is 6.38. The Kier molecular flexibility index (Phi) is 10.0. The average Bonchev–Trinajstić information content (AvgIpc) is 2.91. The van der Waals surface area contributed by atoms with Gasteiger partial charge in [0.2, 0.25) is 11.9 Å². The third-order valence-corrected chi connectivity index (χ3v) is 5.89. The van der Waals surface area contributed by atoms with Crippen LogP contribution < -0.4 is 30.7 Å². The Morgan fingerprint density at radius 1 is 1.13 bits per heavy atom. The number of carbonyl (C=O) groups excluding carboxylic acids is 2. The number of carbonyl (C=O) groups is 2. The van der Waals surface area contributed by atoms with Crippen LogP contribution in [0.15, 0.2) is 55.3 Å². The van der Waals surface area contributed by atoms with E-state index in [0.717, 1.165) is 0 Å². The van der Waals surface area contributed by atoms with E-state index in [1.165, 1.54) is 26.3 Å². The number of nitrogens with two attached hydrogens (primary N) is 1. The van der Waals surface area contributed by atoms with E-state index in [0.29, 0.717) is 59.5 Å². The van der Waals surface area contributed by atoms with E-state index < -0.39 is 0 Å². The van der Waals surface area contributed by atoms with Crippen molar-refractivity contribution in [1.82, 2.24) is 9.97 Å². The maximum absolute atomic E-state index is 12.1. The highest BCUT2D eigenvalue weighted by atomic mass is 35.5. The van der Waals surface area contributed by atoms with Crippen molar-refractivity contribution in [3.8, 4) is 11.5 Å². The monoisotopic (exact) mass is 538 g/mol. The highest BCUT2D eigenvalue weighted by Gasteiger charge is 2.16. The third kappa shape index (κ3) is 7.21. The summed E-state index contributed by atoms with van der Waals surface area (Å²) in [6, 6.07) is 10.7. The van der Waals surface area contributed by atoms with Crippen LogP contribution in [-0.4, -0.2) is 49.0 Å². The molecule has 0 radical (unpaired) electrons. The second kappa shape index (κ2) is 13.4. The third-order valence-electron chi connectivity index (χ3n) is 5.61. The molecule has 0 spiro atoms. The van der Waals surface area contributed by atoms with E-state index >= 15 is 0 Å². The van der Waals surface area contributed by atoms with Crippen molar-refractivity contribution in [2.45, 2.75) is 19.8 Å². The van der Waals surface area contributed by atoms with Crippen LogP contribution in [0.3, 0.4) is 0 Å². The topological polar surface area (TPSA) is 132 Å². The number of nitrogens with zero attached hydrogens (tertiary/aromatic N) is 3. The van der Waals surface area contributed by atoms with E-state index in [4.69, 9.17) is 26.8 Å². The minimum absolute atomic E-state index is 0.0920. The Labute approximate surface area is 226 Å². The summed E-state index contributed by atoms with van der Waals surface area (Å²) in [7, 11) is 3.09. The van der Waals surface area contributed by atoms with Gasteiger partial charge in [-0.25, -0.2) is 4.98 Å². The Balaban J connectivity index is 1.88. The Hall–Kier alpha value is -4.15. The average molecular weight is 539 g/mol. The lowest BCUT2D eigenvalue weighted by Gasteiger charge is -2.22. The molecule has 0 atom stereocenters. The second-order valence-corrected chi connectivity index (χ2v) is 8.62. The minimum Gasteiger partial charge on any atom is -0.497 e. The van der Waals surface area contributed by atoms with Crippen LogP contribution in [0.25, 0.3) is 0 Å². The number of nitrogens with one attached hydrogen (secondary N) is 2. The van der Waals surface area contributed by atoms with Gasteiger partial charge in [0.1, 0.15) is 16.5 Å². The van der Waals surface area contributed by atoms with Crippen LogP contribution in [-0.2, 0) is 16.0 Å². The molecule has 3 rings (SSSR count). The van der Waals surface area contributed by atoms with Gasteiger partial charge in [0, 0.05) is 37.3 Å². The summed E-state index contributed by atoms with van der Waals surface area (Å²) in [5, 5.41) is 6.60. The number of amides is 1. The molecular formula is C27H31ClN6O4. The van der Waals surface area contributed by atoms with Crippen LogP contribution in [0.1, 0.15) is 18.9 Å². The molecule has 0 aliphatic heterocycles. The molecule has 0 saturated heterocycles. The van der Waals surface area contributed by atoms with E-state index in [9.17, 15) is 9.59 Å². The lowest BCUT2D eigenvalue weighted by Crippen LogP contribution is -2.30. The molecule has 1 amide bonds. The first-order chi connectivity index (χ1) is 18.3. The molecule has 4 N–H and O–H groups in total. The molecular weight excluding hydrogens is 508 g/mol. The van der Waals surface area contributed by atoms with Gasteiger partial charge in [-0.05, 0) is 54.9 Å². The molecule has 3 aromatic rings. The lowest BCUT2D eigenvalue weighted by molar-refractivity contribution is -0.116. The molecule has 200 valence electrons. The fourth-order valence-electron chi connectivity index (χ4n) is 3.66. The van der Waals surface area contributed by atoms with Gasteiger partial charge in [-0.1, -0.05) is 18.2 Å². The van der Waals surface area contributed by atoms with Crippen LogP contribution in [0.2, 0.25) is 5.02 Å². The van der Waals surface area contributed by atoms with Crippen LogP contribution >= 0.6 is 11.6 Å². The zero-order chi connectivity index (χ0) is 27.7. The van der Waals surface area contributed by atoms with Gasteiger partial charge in [-0.2, -0.15) is 4.98 Å². The lowest BCUT2D eigenvalue weighted by atomic mass is 10.1. The molecule has 0 saturated carbocycles. The Bertz CT molecular complexity index is 1320. The maximum atomic E-state index is 12.1. The van der Waals surface area contributed by atoms with Crippen molar-refractivity contribution >= 4 is 52.1 Å². The van der Waals surface area contributed by atoms with E-state index in [1.807, 2.05) is 0 Å². The minimum atomic E-state index is -0.139. The van der Waals surface area contributed by atoms with Crippen molar-refractivity contribution < 1.29 is 19.1 Å². The van der Waals surface area contributed by atoms with Gasteiger partial charge >= 0.3 is 0 Å². The van der Waals surface area contributed by atoms with Crippen molar-refractivity contribution in [2.24, 2.45) is 5.73 Å². The van der Waals surface area contributed by atoms with Gasteiger partial charge in [-0.3, -0.25) is 9.59 Å². The fraction of sp³-hybridized carbons (Fsp3) is 0.259. The predicted octanol–water partition coefficient (Wildman–Crippen LogP) is 4.63. The highest BCUT2D eigenvalue weighted by Crippen LogP contribution is 2.33. The number of aromatic nitrogens is 2. The van der Waals surface area contributed by atoms with Crippen molar-refractivity contribution in [3.05, 3.63) is 65.8 Å². The molecule has 2 aromatic carbocycles. The number of rotatable bonds is 13. The SMILES string of the molecule is C=CC(=O)Cc1cc(OC)ccc1Nc1nc(Nc2ccc(N(CCCN)C(C)=O)cc2OC)ncc1Cl. The summed E-state index contributed by atoms with van der Waals surface area (Å²) in [6.45, 7) is 6.03. The summed E-state index contributed by atoms with van der Waals surface area (Å²) in [5.41, 5.74) is 8.23. The van der Waals surface area contributed by atoms with Gasteiger partial charge < -0.3 is 30.7 Å². The largest absolute Gasteiger partial charge is 0.497 e. The highest BCUT2D eigenvalue weighted by molar-refractivity contribution is 6.33. The normalized spacial score (nSPS) is 10.4. The van der Waals surface area contributed by atoms with Crippen LogP contribution in [0.5, 0.6) is 11.5 Å². The fourth-order valence-corrected chi connectivity index (χ4v) is 3.80. The molecule has 0 aliphatic rings. The van der Waals surface area contributed by atoms with Gasteiger partial charge in [0.05, 0.1) is 26.1 Å². The Morgan fingerprint density at radius 3 is 2.55 bits per heavy atom. The summed E-state index contributed by atoms with van der Waals surface area (Å²) < 4.78 is 10.8. The van der Waals surface area contributed by atoms with E-state index in [1.54, 1.807) is 48.4 Å². The zero-order valence-corrected chi connectivity index (χ0v) is 22.3. The molecule has 0 fully saturated rings. The van der Waals surface area contributed by atoms with Gasteiger partial charge in [0.25, 0.3) is 0 Å². The maximum Gasteiger partial charge on any atom is 0.229 e. The second-order valence-electron chi connectivity index (χ2n) is 8.21. The quantitative estimate of drug-likeness (QED) is 0.266. The number of benzene rings is 2. The molecule has 38 heavy (non-hydrogen) atoms.